The molecular weight excluding hydrogens is 261 g/mol. The molecule has 0 aliphatic heterocycles. The van der Waals surface area contributed by atoms with Crippen molar-refractivity contribution in [3.8, 4) is 5.75 Å². The van der Waals surface area contributed by atoms with Gasteiger partial charge in [0.25, 0.3) is 0 Å². The van der Waals surface area contributed by atoms with Crippen LogP contribution in [0.2, 0.25) is 0 Å². The van der Waals surface area contributed by atoms with Gasteiger partial charge in [0.2, 0.25) is 0 Å². The van der Waals surface area contributed by atoms with Crippen LogP contribution in [0.25, 0.3) is 0 Å². The van der Waals surface area contributed by atoms with Gasteiger partial charge in [-0.15, -0.1) is 0 Å². The first-order valence-corrected chi connectivity index (χ1v) is 6.07. The highest BCUT2D eigenvalue weighted by atomic mass is 16.5. The second-order valence-corrected chi connectivity index (χ2v) is 4.55. The summed E-state index contributed by atoms with van der Waals surface area (Å²) in [5.41, 5.74) is 8.52. The summed E-state index contributed by atoms with van der Waals surface area (Å²) >= 11 is 0. The van der Waals surface area contributed by atoms with Crippen molar-refractivity contribution in [2.24, 2.45) is 10.8 Å². The smallest absolute Gasteiger partial charge is 0.491 e. The highest BCUT2D eigenvalue weighted by molar-refractivity contribution is 6.60. The van der Waals surface area contributed by atoms with Gasteiger partial charge in [-0.3, -0.25) is 0 Å². The molecule has 0 saturated carbocycles. The number of hydrogen-bond acceptors (Lipinski definition) is 5. The fraction of sp³-hybridized carbons (Fsp3) is 0.333. The summed E-state index contributed by atoms with van der Waals surface area (Å²) in [6.07, 6.45) is 1.17. The van der Waals surface area contributed by atoms with Crippen LogP contribution in [-0.2, 0) is 0 Å². The number of carbonyl (C=O) groups is 1. The number of rotatable bonds is 5. The van der Waals surface area contributed by atoms with E-state index in [9.17, 15) is 14.8 Å². The molecule has 1 aromatic rings. The average molecular weight is 279 g/mol. The number of hydrazone groups is 1. The molecule has 2 amide bonds. The summed E-state index contributed by atoms with van der Waals surface area (Å²) in [5, 5.41) is 22.5. The monoisotopic (exact) mass is 279 g/mol. The van der Waals surface area contributed by atoms with Gasteiger partial charge < -0.3 is 20.5 Å². The number of primary amides is 1. The van der Waals surface area contributed by atoms with Gasteiger partial charge in [-0.05, 0) is 26.8 Å². The van der Waals surface area contributed by atoms with Crippen LogP contribution < -0.4 is 21.4 Å². The number of amides is 2. The lowest BCUT2D eigenvalue weighted by atomic mass is 9.77. The van der Waals surface area contributed by atoms with Crippen molar-refractivity contribution >= 4 is 24.8 Å². The van der Waals surface area contributed by atoms with Crippen LogP contribution in [0.5, 0.6) is 5.75 Å². The largest absolute Gasteiger partial charge is 0.492 e. The fourth-order valence-electron chi connectivity index (χ4n) is 1.65. The van der Waals surface area contributed by atoms with Gasteiger partial charge in [-0.2, -0.15) is 5.10 Å². The van der Waals surface area contributed by atoms with Crippen molar-refractivity contribution in [1.82, 2.24) is 5.43 Å². The molecule has 0 aliphatic carbocycles. The Morgan fingerprint density at radius 3 is 2.65 bits per heavy atom. The molecule has 0 unspecified atom stereocenters. The van der Waals surface area contributed by atoms with E-state index in [-0.39, 0.29) is 11.6 Å². The molecule has 108 valence electrons. The van der Waals surface area contributed by atoms with E-state index < -0.39 is 13.1 Å². The van der Waals surface area contributed by atoms with Crippen LogP contribution in [0.4, 0.5) is 4.79 Å². The topological polar surface area (TPSA) is 117 Å². The lowest BCUT2D eigenvalue weighted by Crippen LogP contribution is -2.33. The Morgan fingerprint density at radius 1 is 1.50 bits per heavy atom. The molecule has 20 heavy (non-hydrogen) atoms. The van der Waals surface area contributed by atoms with Gasteiger partial charge in [0.15, 0.2) is 0 Å². The second kappa shape index (κ2) is 6.92. The van der Waals surface area contributed by atoms with Crippen molar-refractivity contribution in [3.63, 3.8) is 0 Å². The maximum atomic E-state index is 10.6. The minimum absolute atomic E-state index is 0.161. The summed E-state index contributed by atoms with van der Waals surface area (Å²) in [4.78, 5) is 10.6. The van der Waals surface area contributed by atoms with Gasteiger partial charge >= 0.3 is 13.1 Å². The van der Waals surface area contributed by atoms with E-state index in [4.69, 9.17) is 10.5 Å². The quantitative estimate of drug-likeness (QED) is 0.329. The minimum atomic E-state index is -1.67. The summed E-state index contributed by atoms with van der Waals surface area (Å²) < 4.78 is 5.60. The number of nitrogens with two attached hydrogens (primary N) is 1. The standard InChI is InChI=1S/C12H18BN3O4/c1-7(2)20-11-9(6-15-16-12(14)17)4-8(3)5-10(11)13(18)19/h4-7,18-19H,1-3H3,(H3,14,16,17). The van der Waals surface area contributed by atoms with Gasteiger partial charge in [0, 0.05) is 11.0 Å². The van der Waals surface area contributed by atoms with E-state index in [0.29, 0.717) is 11.3 Å². The Bertz CT molecular complexity index is 518. The number of aryl methyl sites for hydroxylation is 1. The fourth-order valence-corrected chi connectivity index (χ4v) is 1.65. The normalized spacial score (nSPS) is 10.9. The average Bonchev–Trinajstić information content (AvgIpc) is 2.30. The molecule has 7 nitrogen and oxygen atoms in total. The Hall–Kier alpha value is -2.06. The number of hydrogen-bond donors (Lipinski definition) is 4. The first-order valence-electron chi connectivity index (χ1n) is 6.07. The molecular formula is C12H18BN3O4. The van der Waals surface area contributed by atoms with E-state index in [2.05, 4.69) is 10.5 Å². The van der Waals surface area contributed by atoms with E-state index in [1.54, 1.807) is 19.1 Å². The third-order valence-electron chi connectivity index (χ3n) is 2.30. The number of benzene rings is 1. The SMILES string of the molecule is Cc1cc(C=NNC(N)=O)c(OC(C)C)c(B(O)O)c1. The van der Waals surface area contributed by atoms with Crippen LogP contribution in [0.15, 0.2) is 17.2 Å². The maximum absolute atomic E-state index is 10.6. The maximum Gasteiger partial charge on any atom is 0.492 e. The van der Waals surface area contributed by atoms with Crippen LogP contribution in [0.1, 0.15) is 25.0 Å². The zero-order valence-electron chi connectivity index (χ0n) is 11.6. The van der Waals surface area contributed by atoms with Gasteiger partial charge in [-0.1, -0.05) is 11.6 Å². The van der Waals surface area contributed by atoms with E-state index in [0.717, 1.165) is 5.56 Å². The predicted molar refractivity (Wildman–Crippen MR) is 77.1 cm³/mol. The zero-order valence-corrected chi connectivity index (χ0v) is 11.6. The highest BCUT2D eigenvalue weighted by Crippen LogP contribution is 2.18. The second-order valence-electron chi connectivity index (χ2n) is 4.55. The molecule has 0 fully saturated rings. The zero-order chi connectivity index (χ0) is 15.3. The predicted octanol–water partition coefficient (Wildman–Crippen LogP) is -0.536. The molecule has 0 aromatic heterocycles. The van der Waals surface area contributed by atoms with E-state index in [1.807, 2.05) is 13.8 Å². The van der Waals surface area contributed by atoms with Crippen LogP contribution >= 0.6 is 0 Å². The molecule has 0 atom stereocenters. The highest BCUT2D eigenvalue weighted by Gasteiger charge is 2.21. The van der Waals surface area contributed by atoms with Gasteiger partial charge in [0.05, 0.1) is 12.3 Å². The van der Waals surface area contributed by atoms with E-state index in [1.165, 1.54) is 6.21 Å². The third-order valence-corrected chi connectivity index (χ3v) is 2.30. The van der Waals surface area contributed by atoms with E-state index >= 15 is 0 Å². The first kappa shape index (κ1) is 16.0. The molecule has 0 saturated heterocycles. The number of ether oxygens (including phenoxy) is 1. The molecule has 0 radical (unpaired) electrons. The first-order chi connectivity index (χ1) is 9.31. The molecule has 1 rings (SSSR count). The molecule has 5 N–H and O–H groups in total. The van der Waals surface area contributed by atoms with Crippen molar-refractivity contribution in [1.29, 1.82) is 0 Å². The Balaban J connectivity index is 3.24. The summed E-state index contributed by atoms with van der Waals surface area (Å²) in [6.45, 7) is 5.43. The number of nitrogens with zero attached hydrogens (tertiary/aromatic N) is 1. The molecule has 0 heterocycles. The third kappa shape index (κ3) is 4.56. The van der Waals surface area contributed by atoms with Crippen molar-refractivity contribution < 1.29 is 19.6 Å². The Labute approximate surface area is 117 Å². The summed E-state index contributed by atoms with van der Waals surface area (Å²) in [6, 6.07) is 2.57. The number of nitrogens with one attached hydrogen (secondary N) is 1. The molecule has 0 aliphatic rings. The van der Waals surface area contributed by atoms with Gasteiger partial charge in [-0.25, -0.2) is 10.2 Å². The molecule has 0 bridgehead atoms. The molecule has 1 aromatic carbocycles. The lowest BCUT2D eigenvalue weighted by Gasteiger charge is -2.17. The summed E-state index contributed by atoms with van der Waals surface area (Å²) in [5.74, 6) is 0.302. The number of carbonyl (C=O) groups excluding carboxylic acids is 1. The Kier molecular flexibility index (Phi) is 5.54. The van der Waals surface area contributed by atoms with Crippen LogP contribution in [0.3, 0.4) is 0 Å². The van der Waals surface area contributed by atoms with Crippen LogP contribution in [0, 0.1) is 6.92 Å². The molecule has 0 spiro atoms. The van der Waals surface area contributed by atoms with Crippen LogP contribution in [-0.4, -0.2) is 35.5 Å². The van der Waals surface area contributed by atoms with Crippen molar-refractivity contribution in [3.05, 3.63) is 23.3 Å². The lowest BCUT2D eigenvalue weighted by molar-refractivity contribution is 0.243. The number of urea groups is 1. The minimum Gasteiger partial charge on any atom is -0.491 e. The molecule has 8 heteroatoms. The van der Waals surface area contributed by atoms with Crippen molar-refractivity contribution in [2.45, 2.75) is 26.9 Å². The Morgan fingerprint density at radius 2 is 2.15 bits per heavy atom. The summed E-state index contributed by atoms with van der Waals surface area (Å²) in [7, 11) is -1.67. The van der Waals surface area contributed by atoms with Crippen molar-refractivity contribution in [2.75, 3.05) is 0 Å². The van der Waals surface area contributed by atoms with Gasteiger partial charge in [0.1, 0.15) is 5.75 Å².